The first-order chi connectivity index (χ1) is 14.0. The first kappa shape index (κ1) is 19.9. The Morgan fingerprint density at radius 3 is 3.00 bits per heavy atom. The molecule has 3 heterocycles. The second-order valence-corrected chi connectivity index (χ2v) is 7.90. The van der Waals surface area contributed by atoms with Crippen molar-refractivity contribution < 1.29 is 24.5 Å². The highest BCUT2D eigenvalue weighted by Gasteiger charge is 2.36. The summed E-state index contributed by atoms with van der Waals surface area (Å²) in [6, 6.07) is 5.32. The Morgan fingerprint density at radius 1 is 1.31 bits per heavy atom. The van der Waals surface area contributed by atoms with E-state index in [1.54, 1.807) is 4.90 Å². The van der Waals surface area contributed by atoms with Crippen LogP contribution < -0.4 is 16.0 Å². The van der Waals surface area contributed by atoms with Gasteiger partial charge in [-0.15, -0.1) is 0 Å². The number of urea groups is 1. The Kier molecular flexibility index (Phi) is 5.89. The standard InChI is InChI=1S/C20H28N4O5/c25-10-13-2-1-5-24(13)19(27)9-22-20(28)21-8-12-3-4-15-14(6-12)18-7-16(23-15)17(26)11-29-18/h3-4,6,13,16-18,23,25-26H,1-2,5,7-11H2,(H2,21,22,28)/t13-,16+,17-,18+/m1/s1. The maximum atomic E-state index is 12.2. The topological polar surface area (TPSA) is 123 Å². The molecule has 158 valence electrons. The van der Waals surface area contributed by atoms with Crippen molar-refractivity contribution >= 4 is 17.6 Å². The molecule has 3 aliphatic heterocycles. The van der Waals surface area contributed by atoms with Crippen molar-refractivity contribution in [2.45, 2.75) is 50.1 Å². The van der Waals surface area contributed by atoms with Gasteiger partial charge in [-0.3, -0.25) is 4.79 Å². The van der Waals surface area contributed by atoms with Gasteiger partial charge in [0.25, 0.3) is 0 Å². The lowest BCUT2D eigenvalue weighted by atomic mass is 9.89. The van der Waals surface area contributed by atoms with Gasteiger partial charge in [-0.2, -0.15) is 0 Å². The molecular weight excluding hydrogens is 376 g/mol. The molecular formula is C20H28N4O5. The molecule has 3 aliphatic rings. The number of likely N-dealkylation sites (tertiary alicyclic amines) is 1. The van der Waals surface area contributed by atoms with E-state index in [4.69, 9.17) is 4.74 Å². The average molecular weight is 404 g/mol. The zero-order chi connectivity index (χ0) is 20.4. The number of amides is 3. The van der Waals surface area contributed by atoms with Crippen molar-refractivity contribution in [2.24, 2.45) is 0 Å². The number of ether oxygens (including phenoxy) is 1. The Hall–Kier alpha value is -2.36. The van der Waals surface area contributed by atoms with Crippen LogP contribution in [0.5, 0.6) is 0 Å². The molecule has 2 saturated heterocycles. The summed E-state index contributed by atoms with van der Waals surface area (Å²) in [5, 5.41) is 28.0. The molecule has 0 spiro atoms. The second kappa shape index (κ2) is 8.56. The van der Waals surface area contributed by atoms with Gasteiger partial charge in [0.2, 0.25) is 5.91 Å². The fourth-order valence-corrected chi connectivity index (χ4v) is 4.33. The number of rotatable bonds is 5. The summed E-state index contributed by atoms with van der Waals surface area (Å²) in [5.74, 6) is -0.178. The third-order valence-electron chi connectivity index (χ3n) is 5.97. The molecule has 0 saturated carbocycles. The summed E-state index contributed by atoms with van der Waals surface area (Å²) in [6.07, 6.45) is 1.84. The molecule has 9 nitrogen and oxygen atoms in total. The van der Waals surface area contributed by atoms with Gasteiger partial charge in [-0.1, -0.05) is 6.07 Å². The maximum absolute atomic E-state index is 12.2. The summed E-state index contributed by atoms with van der Waals surface area (Å²) in [4.78, 5) is 25.9. The molecule has 0 unspecified atom stereocenters. The largest absolute Gasteiger partial charge is 0.394 e. The van der Waals surface area contributed by atoms with Crippen molar-refractivity contribution in [2.75, 3.05) is 31.6 Å². The van der Waals surface area contributed by atoms with Crippen molar-refractivity contribution in [3.8, 4) is 0 Å². The minimum atomic E-state index is -0.500. The highest BCUT2D eigenvalue weighted by atomic mass is 16.5. The Morgan fingerprint density at radius 2 is 2.17 bits per heavy atom. The van der Waals surface area contributed by atoms with E-state index in [2.05, 4.69) is 16.0 Å². The van der Waals surface area contributed by atoms with Crippen molar-refractivity contribution in [3.05, 3.63) is 29.3 Å². The van der Waals surface area contributed by atoms with Gasteiger partial charge in [0.15, 0.2) is 0 Å². The Balaban J connectivity index is 1.27. The van der Waals surface area contributed by atoms with Gasteiger partial charge in [0, 0.05) is 30.8 Å². The van der Waals surface area contributed by atoms with Crippen molar-refractivity contribution in [1.29, 1.82) is 0 Å². The molecule has 0 radical (unpaired) electrons. The average Bonchev–Trinajstić information content (AvgIpc) is 3.22. The maximum Gasteiger partial charge on any atom is 0.315 e. The van der Waals surface area contributed by atoms with Crippen LogP contribution in [0.15, 0.2) is 18.2 Å². The zero-order valence-corrected chi connectivity index (χ0v) is 16.3. The number of nitrogens with zero attached hydrogens (tertiary/aromatic N) is 1. The van der Waals surface area contributed by atoms with Crippen LogP contribution in [0, 0.1) is 0 Å². The molecule has 9 heteroatoms. The number of carbonyl (C=O) groups is 2. The number of fused-ring (bicyclic) bond motifs is 4. The lowest BCUT2D eigenvalue weighted by molar-refractivity contribution is -0.131. The van der Waals surface area contributed by atoms with Crippen LogP contribution in [0.2, 0.25) is 0 Å². The van der Waals surface area contributed by atoms with Crippen LogP contribution in [-0.2, 0) is 16.1 Å². The molecule has 4 atom stereocenters. The van der Waals surface area contributed by atoms with Crippen LogP contribution in [0.3, 0.4) is 0 Å². The Labute approximate surface area is 169 Å². The highest BCUT2D eigenvalue weighted by Crippen LogP contribution is 2.39. The van der Waals surface area contributed by atoms with E-state index in [0.29, 0.717) is 19.7 Å². The quantitative estimate of drug-likeness (QED) is 0.474. The number of carbonyl (C=O) groups excluding carboxylic acids is 2. The molecule has 1 aromatic carbocycles. The monoisotopic (exact) mass is 404 g/mol. The number of benzene rings is 1. The first-order valence-electron chi connectivity index (χ1n) is 10.2. The SMILES string of the molecule is O=C(NCC(=O)N1CCC[C@@H]1CO)NCc1ccc2c(c1)[C@@H]1C[C@H](N2)[C@H](O)CO1. The molecule has 5 N–H and O–H groups in total. The fourth-order valence-electron chi connectivity index (χ4n) is 4.33. The van der Waals surface area contributed by atoms with E-state index in [9.17, 15) is 19.8 Å². The van der Waals surface area contributed by atoms with Gasteiger partial charge >= 0.3 is 6.03 Å². The molecule has 2 fully saturated rings. The van der Waals surface area contributed by atoms with Gasteiger partial charge in [0.1, 0.15) is 0 Å². The minimum Gasteiger partial charge on any atom is -0.394 e. The smallest absolute Gasteiger partial charge is 0.315 e. The third kappa shape index (κ3) is 4.31. The van der Waals surface area contributed by atoms with E-state index >= 15 is 0 Å². The summed E-state index contributed by atoms with van der Waals surface area (Å²) in [5.41, 5.74) is 2.92. The molecule has 4 rings (SSSR count). The lowest BCUT2D eigenvalue weighted by Crippen LogP contribution is -2.46. The van der Waals surface area contributed by atoms with E-state index in [1.807, 2.05) is 18.2 Å². The van der Waals surface area contributed by atoms with Crippen LogP contribution >= 0.6 is 0 Å². The third-order valence-corrected chi connectivity index (χ3v) is 5.97. The van der Waals surface area contributed by atoms with Crippen LogP contribution in [-0.4, -0.2) is 71.5 Å². The van der Waals surface area contributed by atoms with E-state index in [1.165, 1.54) is 0 Å². The highest BCUT2D eigenvalue weighted by molar-refractivity contribution is 5.84. The van der Waals surface area contributed by atoms with E-state index < -0.39 is 12.1 Å². The number of anilines is 1. The van der Waals surface area contributed by atoms with E-state index in [-0.39, 0.29) is 37.2 Å². The van der Waals surface area contributed by atoms with Crippen molar-refractivity contribution in [1.82, 2.24) is 15.5 Å². The number of aliphatic hydroxyl groups is 2. The number of nitrogens with one attached hydrogen (secondary N) is 3. The predicted octanol–water partition coefficient (Wildman–Crippen LogP) is 0.0855. The number of aliphatic hydroxyl groups excluding tert-OH is 2. The van der Waals surface area contributed by atoms with Gasteiger partial charge in [-0.25, -0.2) is 4.79 Å². The normalized spacial score (nSPS) is 27.7. The van der Waals surface area contributed by atoms with Gasteiger partial charge in [0.05, 0.1) is 44.1 Å². The molecule has 29 heavy (non-hydrogen) atoms. The molecule has 0 aromatic heterocycles. The molecule has 3 amide bonds. The first-order valence-corrected chi connectivity index (χ1v) is 10.2. The lowest BCUT2D eigenvalue weighted by Gasteiger charge is -2.40. The number of hydrogen-bond acceptors (Lipinski definition) is 6. The summed E-state index contributed by atoms with van der Waals surface area (Å²) in [7, 11) is 0. The van der Waals surface area contributed by atoms with Crippen molar-refractivity contribution in [3.63, 3.8) is 0 Å². The van der Waals surface area contributed by atoms with Gasteiger partial charge in [-0.05, 0) is 30.5 Å². The molecule has 0 aliphatic carbocycles. The minimum absolute atomic E-state index is 0.00887. The fraction of sp³-hybridized carbons (Fsp3) is 0.600. The van der Waals surface area contributed by atoms with E-state index in [0.717, 1.165) is 36.1 Å². The summed E-state index contributed by atoms with van der Waals surface area (Å²) < 4.78 is 5.75. The Bertz CT molecular complexity index is 773. The molecule has 2 bridgehead atoms. The predicted molar refractivity (Wildman–Crippen MR) is 105 cm³/mol. The van der Waals surface area contributed by atoms with Gasteiger partial charge < -0.3 is 35.8 Å². The van der Waals surface area contributed by atoms with Crippen LogP contribution in [0.1, 0.15) is 36.5 Å². The summed E-state index contributed by atoms with van der Waals surface area (Å²) in [6.45, 7) is 1.13. The molecule has 1 aromatic rings. The summed E-state index contributed by atoms with van der Waals surface area (Å²) >= 11 is 0. The van der Waals surface area contributed by atoms with Crippen LogP contribution in [0.4, 0.5) is 10.5 Å². The number of hydrogen-bond donors (Lipinski definition) is 5. The zero-order valence-electron chi connectivity index (χ0n) is 16.3. The second-order valence-electron chi connectivity index (χ2n) is 7.90. The van der Waals surface area contributed by atoms with Crippen LogP contribution in [0.25, 0.3) is 0 Å².